The molecule has 0 radical (unpaired) electrons. The molecule has 0 saturated heterocycles. The molecule has 8 nitrogen and oxygen atoms in total. The van der Waals surface area contributed by atoms with Crippen molar-refractivity contribution >= 4 is 11.6 Å². The Labute approximate surface area is 218 Å². The van der Waals surface area contributed by atoms with Gasteiger partial charge in [-0.15, -0.1) is 10.2 Å². The van der Waals surface area contributed by atoms with Crippen LogP contribution in [-0.2, 0) is 25.2 Å². The van der Waals surface area contributed by atoms with Crippen molar-refractivity contribution in [1.82, 2.24) is 34.1 Å². The highest BCUT2D eigenvalue weighted by Gasteiger charge is 2.39. The quantitative estimate of drug-likeness (QED) is 0.270. The molecule has 0 aliphatic carbocycles. The standard InChI is InChI=1S/C22H16ClF8N7O/c1-20(24,25)18-33-16(34-38(18)15-10-32-8-6-14(15)22(29,30)31)11-37-19(39)36(9-7-21(26,27)28)17(35-37)12-2-4-13(23)5-3-12/h2-6,8,10H,7,9,11H2,1H3. The molecule has 208 valence electrons. The monoisotopic (exact) mass is 581 g/mol. The summed E-state index contributed by atoms with van der Waals surface area (Å²) in [6, 6.07) is 6.21. The van der Waals surface area contributed by atoms with Crippen LogP contribution in [0.5, 0.6) is 0 Å². The van der Waals surface area contributed by atoms with E-state index in [2.05, 4.69) is 20.2 Å². The minimum atomic E-state index is -4.95. The van der Waals surface area contributed by atoms with Gasteiger partial charge in [0.1, 0.15) is 6.54 Å². The minimum absolute atomic E-state index is 0.187. The van der Waals surface area contributed by atoms with Crippen molar-refractivity contribution in [2.75, 3.05) is 0 Å². The van der Waals surface area contributed by atoms with Crippen LogP contribution in [0, 0.1) is 0 Å². The number of benzene rings is 1. The lowest BCUT2D eigenvalue weighted by Crippen LogP contribution is -2.27. The van der Waals surface area contributed by atoms with Gasteiger partial charge in [-0.25, -0.2) is 19.1 Å². The highest BCUT2D eigenvalue weighted by Crippen LogP contribution is 2.35. The van der Waals surface area contributed by atoms with Crippen LogP contribution in [0.1, 0.15) is 30.6 Å². The molecule has 0 fully saturated rings. The molecule has 0 atom stereocenters. The topological polar surface area (TPSA) is 83.4 Å². The number of hydrogen-bond donors (Lipinski definition) is 0. The Bertz CT molecular complexity index is 1530. The lowest BCUT2D eigenvalue weighted by atomic mass is 10.2. The molecule has 0 saturated carbocycles. The van der Waals surface area contributed by atoms with Crippen LogP contribution >= 0.6 is 11.6 Å². The van der Waals surface area contributed by atoms with Gasteiger partial charge in [0.2, 0.25) is 5.82 Å². The Morgan fingerprint density at radius 1 is 0.949 bits per heavy atom. The fraction of sp³-hybridized carbons (Fsp3) is 0.318. The van der Waals surface area contributed by atoms with Crippen LogP contribution in [0.4, 0.5) is 35.1 Å². The van der Waals surface area contributed by atoms with Crippen molar-refractivity contribution in [2.24, 2.45) is 0 Å². The van der Waals surface area contributed by atoms with Crippen LogP contribution in [0.25, 0.3) is 17.1 Å². The molecular weight excluding hydrogens is 566 g/mol. The van der Waals surface area contributed by atoms with Crippen LogP contribution in [0.2, 0.25) is 5.02 Å². The van der Waals surface area contributed by atoms with Gasteiger partial charge in [0.15, 0.2) is 11.6 Å². The van der Waals surface area contributed by atoms with Crippen LogP contribution in [0.15, 0.2) is 47.5 Å². The summed E-state index contributed by atoms with van der Waals surface area (Å²) in [6.07, 6.45) is -9.45. The van der Waals surface area contributed by atoms with Crippen LogP contribution in [0.3, 0.4) is 0 Å². The van der Waals surface area contributed by atoms with E-state index >= 15 is 0 Å². The van der Waals surface area contributed by atoms with Crippen molar-refractivity contribution in [3.63, 3.8) is 0 Å². The Morgan fingerprint density at radius 3 is 2.21 bits per heavy atom. The predicted molar refractivity (Wildman–Crippen MR) is 120 cm³/mol. The summed E-state index contributed by atoms with van der Waals surface area (Å²) < 4.78 is 110. The Kier molecular flexibility index (Phi) is 7.27. The molecule has 3 heterocycles. The third-order valence-corrected chi connectivity index (χ3v) is 5.56. The second-order valence-corrected chi connectivity index (χ2v) is 8.77. The Morgan fingerprint density at radius 2 is 1.62 bits per heavy atom. The van der Waals surface area contributed by atoms with Gasteiger partial charge in [-0.1, -0.05) is 11.6 Å². The molecule has 0 bridgehead atoms. The van der Waals surface area contributed by atoms with E-state index in [-0.39, 0.29) is 16.1 Å². The molecular formula is C22H16ClF8N7O. The zero-order chi connectivity index (χ0) is 28.8. The van der Waals surface area contributed by atoms with Crippen LogP contribution < -0.4 is 5.69 Å². The second kappa shape index (κ2) is 10.1. The van der Waals surface area contributed by atoms with Gasteiger partial charge in [0, 0.05) is 30.3 Å². The molecule has 39 heavy (non-hydrogen) atoms. The smallest absolute Gasteiger partial charge is 0.275 e. The van der Waals surface area contributed by atoms with Crippen LogP contribution in [-0.4, -0.2) is 40.3 Å². The molecule has 4 rings (SSSR count). The Balaban J connectivity index is 1.81. The molecule has 0 unspecified atom stereocenters. The largest absolute Gasteiger partial charge is 0.418 e. The molecule has 4 aromatic rings. The highest BCUT2D eigenvalue weighted by molar-refractivity contribution is 6.30. The van der Waals surface area contributed by atoms with Gasteiger partial charge in [-0.3, -0.25) is 9.55 Å². The number of pyridine rings is 1. The zero-order valence-corrected chi connectivity index (χ0v) is 20.4. The van der Waals surface area contributed by atoms with Crippen molar-refractivity contribution in [2.45, 2.75) is 44.7 Å². The second-order valence-electron chi connectivity index (χ2n) is 8.33. The molecule has 0 amide bonds. The van der Waals surface area contributed by atoms with E-state index < -0.39 is 66.4 Å². The number of aromatic nitrogens is 7. The molecule has 0 N–H and O–H groups in total. The normalized spacial score (nSPS) is 12.8. The van der Waals surface area contributed by atoms with E-state index in [1.54, 1.807) is 0 Å². The van der Waals surface area contributed by atoms with Crippen molar-refractivity contribution in [3.05, 3.63) is 75.4 Å². The van der Waals surface area contributed by atoms with Gasteiger partial charge < -0.3 is 0 Å². The first-order valence-electron chi connectivity index (χ1n) is 10.9. The number of nitrogens with zero attached hydrogens (tertiary/aromatic N) is 7. The first-order valence-corrected chi connectivity index (χ1v) is 11.3. The first kappa shape index (κ1) is 28.2. The fourth-order valence-corrected chi connectivity index (χ4v) is 3.73. The summed E-state index contributed by atoms with van der Waals surface area (Å²) >= 11 is 5.85. The van der Waals surface area contributed by atoms with Crippen molar-refractivity contribution < 1.29 is 35.1 Å². The molecule has 17 heteroatoms. The average Bonchev–Trinajstić information content (AvgIpc) is 3.39. The van der Waals surface area contributed by atoms with Crippen molar-refractivity contribution in [3.8, 4) is 17.1 Å². The summed E-state index contributed by atoms with van der Waals surface area (Å²) in [6.45, 7) is -1.17. The van der Waals surface area contributed by atoms with Gasteiger partial charge >= 0.3 is 24.0 Å². The number of rotatable bonds is 7. The molecule has 0 aliphatic rings. The van der Waals surface area contributed by atoms with E-state index in [0.29, 0.717) is 28.9 Å². The predicted octanol–water partition coefficient (Wildman–Crippen LogP) is 5.47. The summed E-state index contributed by atoms with van der Waals surface area (Å²) in [5.74, 6) is -5.70. The van der Waals surface area contributed by atoms with Gasteiger partial charge in [0.25, 0.3) is 0 Å². The SMILES string of the molecule is CC(F)(F)c1nc(Cn2nc(-c3ccc(Cl)cc3)n(CCC(F)(F)F)c2=O)nn1-c1cnccc1C(F)(F)F. The minimum Gasteiger partial charge on any atom is -0.275 e. The lowest BCUT2D eigenvalue weighted by molar-refractivity contribution is -0.138. The molecule has 1 aromatic carbocycles. The van der Waals surface area contributed by atoms with E-state index in [0.717, 1.165) is 10.8 Å². The first-order chi connectivity index (χ1) is 18.0. The highest BCUT2D eigenvalue weighted by atomic mass is 35.5. The third kappa shape index (κ3) is 6.26. The lowest BCUT2D eigenvalue weighted by Gasteiger charge is -2.15. The van der Waals surface area contributed by atoms with E-state index in [4.69, 9.17) is 11.6 Å². The maximum Gasteiger partial charge on any atom is 0.418 e. The van der Waals surface area contributed by atoms with Gasteiger partial charge in [-0.05, 0) is 30.3 Å². The number of halogens is 9. The van der Waals surface area contributed by atoms with E-state index in [1.807, 2.05) is 0 Å². The summed E-state index contributed by atoms with van der Waals surface area (Å²) in [4.78, 5) is 20.2. The number of alkyl halides is 8. The third-order valence-electron chi connectivity index (χ3n) is 5.31. The average molecular weight is 582 g/mol. The molecule has 0 spiro atoms. The van der Waals surface area contributed by atoms with Gasteiger partial charge in [0.05, 0.1) is 23.9 Å². The van der Waals surface area contributed by atoms with E-state index in [9.17, 15) is 39.9 Å². The summed E-state index contributed by atoms with van der Waals surface area (Å²) in [7, 11) is 0. The summed E-state index contributed by atoms with van der Waals surface area (Å²) in [5, 5.41) is 8.07. The van der Waals surface area contributed by atoms with Crippen molar-refractivity contribution in [1.29, 1.82) is 0 Å². The molecule has 0 aliphatic heterocycles. The maximum absolute atomic E-state index is 14.4. The Hall–Kier alpha value is -3.82. The fourth-order valence-electron chi connectivity index (χ4n) is 3.60. The van der Waals surface area contributed by atoms with E-state index in [1.165, 1.54) is 24.3 Å². The molecule has 3 aromatic heterocycles. The maximum atomic E-state index is 14.4. The zero-order valence-electron chi connectivity index (χ0n) is 19.6. The summed E-state index contributed by atoms with van der Waals surface area (Å²) in [5.41, 5.74) is -2.99. The number of hydrogen-bond acceptors (Lipinski definition) is 5. The van der Waals surface area contributed by atoms with Gasteiger partial charge in [-0.2, -0.15) is 35.1 Å².